The zero-order valence-corrected chi connectivity index (χ0v) is 14.2. The molecule has 0 radical (unpaired) electrons. The standard InChI is InChI=1S/C23H21NO/c1-3-18(4-2)12-6-5-11-17-24-21-15-9-7-13-19(21)23(25)20-14-8-10-16-22(20)24/h3-10,12-16H,1-2,11,17H2/b6-5-. The van der Waals surface area contributed by atoms with E-state index in [0.717, 1.165) is 40.3 Å². The van der Waals surface area contributed by atoms with E-state index in [4.69, 9.17) is 0 Å². The minimum Gasteiger partial charge on any atom is -0.340 e. The summed E-state index contributed by atoms with van der Waals surface area (Å²) in [6, 6.07) is 15.6. The number of para-hydroxylation sites is 2. The van der Waals surface area contributed by atoms with E-state index in [-0.39, 0.29) is 5.43 Å². The Labute approximate surface area is 147 Å². The van der Waals surface area contributed by atoms with Crippen LogP contribution in [-0.4, -0.2) is 4.57 Å². The third kappa shape index (κ3) is 3.38. The highest BCUT2D eigenvalue weighted by atomic mass is 16.1. The van der Waals surface area contributed by atoms with Gasteiger partial charge in [0.25, 0.3) is 0 Å². The monoisotopic (exact) mass is 327 g/mol. The molecule has 0 fully saturated rings. The van der Waals surface area contributed by atoms with Gasteiger partial charge in [-0.3, -0.25) is 4.79 Å². The molecule has 0 amide bonds. The summed E-state index contributed by atoms with van der Waals surface area (Å²) >= 11 is 0. The van der Waals surface area contributed by atoms with Crippen LogP contribution in [-0.2, 0) is 6.54 Å². The molecular weight excluding hydrogens is 306 g/mol. The van der Waals surface area contributed by atoms with Gasteiger partial charge in [-0.25, -0.2) is 0 Å². The summed E-state index contributed by atoms with van der Waals surface area (Å²) in [5.74, 6) is 0. The van der Waals surface area contributed by atoms with Crippen LogP contribution in [0, 0.1) is 0 Å². The van der Waals surface area contributed by atoms with Crippen LogP contribution in [0.1, 0.15) is 6.42 Å². The molecule has 0 bridgehead atoms. The van der Waals surface area contributed by atoms with Gasteiger partial charge in [0, 0.05) is 17.3 Å². The highest BCUT2D eigenvalue weighted by Gasteiger charge is 2.09. The van der Waals surface area contributed by atoms with Crippen LogP contribution < -0.4 is 5.43 Å². The van der Waals surface area contributed by atoms with Crippen molar-refractivity contribution in [2.75, 3.05) is 0 Å². The molecule has 2 heteroatoms. The fourth-order valence-electron chi connectivity index (χ4n) is 3.02. The van der Waals surface area contributed by atoms with Gasteiger partial charge in [-0.2, -0.15) is 0 Å². The van der Waals surface area contributed by atoms with Crippen molar-refractivity contribution >= 4 is 21.8 Å². The molecule has 0 N–H and O–H groups in total. The summed E-state index contributed by atoms with van der Waals surface area (Å²) in [6.45, 7) is 8.30. The Morgan fingerprint density at radius 2 is 1.48 bits per heavy atom. The van der Waals surface area contributed by atoms with Gasteiger partial charge in [-0.15, -0.1) is 0 Å². The molecule has 2 aromatic carbocycles. The van der Waals surface area contributed by atoms with Crippen LogP contribution in [0.5, 0.6) is 0 Å². The summed E-state index contributed by atoms with van der Waals surface area (Å²) in [5.41, 5.74) is 3.05. The van der Waals surface area contributed by atoms with Gasteiger partial charge >= 0.3 is 0 Å². The van der Waals surface area contributed by atoms with E-state index in [1.165, 1.54) is 0 Å². The second kappa shape index (κ2) is 7.63. The quantitative estimate of drug-likeness (QED) is 0.439. The van der Waals surface area contributed by atoms with Crippen molar-refractivity contribution in [3.05, 3.63) is 108 Å². The summed E-state index contributed by atoms with van der Waals surface area (Å²) in [5, 5.41) is 1.54. The van der Waals surface area contributed by atoms with E-state index < -0.39 is 0 Å². The number of hydrogen-bond donors (Lipinski definition) is 0. The van der Waals surface area contributed by atoms with Crippen LogP contribution in [0.2, 0.25) is 0 Å². The fraction of sp³-hybridized carbons (Fsp3) is 0.0870. The first-order chi connectivity index (χ1) is 12.3. The third-order valence-corrected chi connectivity index (χ3v) is 4.29. The predicted molar refractivity (Wildman–Crippen MR) is 108 cm³/mol. The summed E-state index contributed by atoms with van der Waals surface area (Å²) in [7, 11) is 0. The Bertz CT molecular complexity index is 981. The van der Waals surface area contributed by atoms with Crippen LogP contribution in [0.3, 0.4) is 0 Å². The topological polar surface area (TPSA) is 22.0 Å². The van der Waals surface area contributed by atoms with Crippen molar-refractivity contribution in [1.82, 2.24) is 4.57 Å². The molecule has 0 spiro atoms. The Morgan fingerprint density at radius 1 is 0.920 bits per heavy atom. The minimum absolute atomic E-state index is 0.0996. The van der Waals surface area contributed by atoms with Crippen molar-refractivity contribution in [1.29, 1.82) is 0 Å². The maximum absolute atomic E-state index is 12.7. The summed E-state index contributed by atoms with van der Waals surface area (Å²) in [4.78, 5) is 12.7. The first-order valence-electron chi connectivity index (χ1n) is 8.38. The van der Waals surface area contributed by atoms with E-state index in [9.17, 15) is 4.79 Å². The number of fused-ring (bicyclic) bond motifs is 2. The van der Waals surface area contributed by atoms with Gasteiger partial charge < -0.3 is 4.57 Å². The summed E-state index contributed by atoms with van der Waals surface area (Å²) < 4.78 is 2.22. The third-order valence-electron chi connectivity index (χ3n) is 4.29. The van der Waals surface area contributed by atoms with E-state index in [1.54, 1.807) is 12.2 Å². The van der Waals surface area contributed by atoms with Gasteiger partial charge in [0.05, 0.1) is 11.0 Å². The molecule has 25 heavy (non-hydrogen) atoms. The van der Waals surface area contributed by atoms with Crippen LogP contribution in [0.25, 0.3) is 21.8 Å². The Morgan fingerprint density at radius 3 is 2.04 bits per heavy atom. The second-order valence-electron chi connectivity index (χ2n) is 5.81. The van der Waals surface area contributed by atoms with Crippen LogP contribution in [0.4, 0.5) is 0 Å². The van der Waals surface area contributed by atoms with Crippen molar-refractivity contribution in [3.63, 3.8) is 0 Å². The molecule has 0 unspecified atom stereocenters. The van der Waals surface area contributed by atoms with Gasteiger partial charge in [0.2, 0.25) is 0 Å². The van der Waals surface area contributed by atoms with Gasteiger partial charge in [0.1, 0.15) is 0 Å². The lowest BCUT2D eigenvalue weighted by molar-refractivity contribution is 0.757. The SMILES string of the molecule is C=CC(C=C)=C/C=C\CCn1c2ccccc2c(=O)c2ccccc21. The Balaban J connectivity index is 2.00. The first kappa shape index (κ1) is 16.7. The molecule has 1 heterocycles. The van der Waals surface area contributed by atoms with Gasteiger partial charge in [-0.1, -0.05) is 67.8 Å². The Kier molecular flexibility index (Phi) is 5.10. The molecule has 0 aliphatic carbocycles. The molecule has 3 aromatic rings. The zero-order chi connectivity index (χ0) is 17.6. The number of benzene rings is 2. The molecule has 0 atom stereocenters. The van der Waals surface area contributed by atoms with Crippen LogP contribution >= 0.6 is 0 Å². The minimum atomic E-state index is 0.0996. The number of rotatable bonds is 6. The number of hydrogen-bond acceptors (Lipinski definition) is 1. The largest absolute Gasteiger partial charge is 0.340 e. The van der Waals surface area contributed by atoms with Gasteiger partial charge in [0.15, 0.2) is 5.43 Å². The van der Waals surface area contributed by atoms with Crippen molar-refractivity contribution < 1.29 is 0 Å². The van der Waals surface area contributed by atoms with Crippen molar-refractivity contribution in [2.45, 2.75) is 13.0 Å². The zero-order valence-electron chi connectivity index (χ0n) is 14.2. The Hall–Kier alpha value is -3.13. The molecule has 3 rings (SSSR count). The maximum Gasteiger partial charge on any atom is 0.197 e. The lowest BCUT2D eigenvalue weighted by Crippen LogP contribution is -2.11. The average Bonchev–Trinajstić information content (AvgIpc) is 2.67. The average molecular weight is 327 g/mol. The fourth-order valence-corrected chi connectivity index (χ4v) is 3.02. The highest BCUT2D eigenvalue weighted by Crippen LogP contribution is 2.19. The number of aryl methyl sites for hydroxylation is 1. The molecule has 0 saturated heterocycles. The van der Waals surface area contributed by atoms with E-state index in [1.807, 2.05) is 60.7 Å². The highest BCUT2D eigenvalue weighted by molar-refractivity contribution is 5.93. The van der Waals surface area contributed by atoms with E-state index in [2.05, 4.69) is 23.8 Å². The normalized spacial score (nSPS) is 11.0. The number of aromatic nitrogens is 1. The van der Waals surface area contributed by atoms with Crippen molar-refractivity contribution in [2.24, 2.45) is 0 Å². The van der Waals surface area contributed by atoms with Crippen molar-refractivity contribution in [3.8, 4) is 0 Å². The van der Waals surface area contributed by atoms with E-state index >= 15 is 0 Å². The number of allylic oxidation sites excluding steroid dienone is 6. The lowest BCUT2D eigenvalue weighted by Gasteiger charge is -2.14. The molecule has 2 nitrogen and oxygen atoms in total. The van der Waals surface area contributed by atoms with Crippen LogP contribution in [0.15, 0.2) is 102 Å². The molecule has 0 aliphatic heterocycles. The molecule has 124 valence electrons. The van der Waals surface area contributed by atoms with E-state index in [0.29, 0.717) is 0 Å². The summed E-state index contributed by atoms with van der Waals surface area (Å²) in [6.07, 6.45) is 10.6. The number of nitrogens with zero attached hydrogens (tertiary/aromatic N) is 1. The number of pyridine rings is 1. The molecule has 0 aliphatic rings. The first-order valence-corrected chi connectivity index (χ1v) is 8.38. The lowest BCUT2D eigenvalue weighted by atomic mass is 10.1. The molecule has 1 aromatic heterocycles. The van der Waals surface area contributed by atoms with Gasteiger partial charge in [-0.05, 0) is 36.3 Å². The maximum atomic E-state index is 12.7. The second-order valence-corrected chi connectivity index (χ2v) is 5.81. The molecular formula is C23H21NO. The predicted octanol–water partition coefficient (Wildman–Crippen LogP) is 5.40. The molecule has 0 saturated carbocycles. The smallest absolute Gasteiger partial charge is 0.197 e.